The number of nitrogens with one attached hydrogen (secondary N) is 2. The summed E-state index contributed by atoms with van der Waals surface area (Å²) in [7, 11) is 4.22. The highest BCUT2D eigenvalue weighted by Crippen LogP contribution is 1.97. The highest BCUT2D eigenvalue weighted by Gasteiger charge is 2.02. The fraction of sp³-hybridized carbons (Fsp3) is 0.417. The van der Waals surface area contributed by atoms with Crippen LogP contribution in [0.25, 0.3) is 0 Å². The smallest absolute Gasteiger partial charge is 0.251 e. The van der Waals surface area contributed by atoms with E-state index in [0.29, 0.717) is 0 Å². The first-order valence-electron chi connectivity index (χ1n) is 5.32. The zero-order chi connectivity index (χ0) is 11.1. The van der Waals surface area contributed by atoms with Crippen LogP contribution in [0, 0.1) is 0 Å². The summed E-state index contributed by atoms with van der Waals surface area (Å²) in [4.78, 5) is 13.0. The van der Waals surface area contributed by atoms with Crippen molar-refractivity contribution < 1.29 is 9.69 Å². The van der Waals surface area contributed by atoms with Gasteiger partial charge in [-0.25, -0.2) is 0 Å². The van der Waals surface area contributed by atoms with E-state index in [9.17, 15) is 4.79 Å². The monoisotopic (exact) mass is 207 g/mol. The van der Waals surface area contributed by atoms with Crippen LogP contribution < -0.4 is 10.2 Å². The summed E-state index contributed by atoms with van der Waals surface area (Å²) in [6.45, 7) is 1.83. The maximum absolute atomic E-state index is 11.6. The Kier molecular flexibility index (Phi) is 4.84. The fourth-order valence-corrected chi connectivity index (χ4v) is 1.34. The number of hydrogen-bond acceptors (Lipinski definition) is 1. The first kappa shape index (κ1) is 11.7. The summed E-state index contributed by atoms with van der Waals surface area (Å²) in [5.41, 5.74) is 0.731. The molecule has 0 spiro atoms. The van der Waals surface area contributed by atoms with E-state index in [1.54, 1.807) is 0 Å². The van der Waals surface area contributed by atoms with E-state index >= 15 is 0 Å². The molecular formula is C12H19N2O+. The van der Waals surface area contributed by atoms with Crippen LogP contribution in [0.5, 0.6) is 0 Å². The Morgan fingerprint density at radius 3 is 2.53 bits per heavy atom. The van der Waals surface area contributed by atoms with Gasteiger partial charge in [0.2, 0.25) is 0 Å². The molecule has 1 aromatic rings. The van der Waals surface area contributed by atoms with Gasteiger partial charge in [-0.05, 0) is 12.1 Å². The second kappa shape index (κ2) is 6.19. The summed E-state index contributed by atoms with van der Waals surface area (Å²) in [6, 6.07) is 9.31. The molecule has 0 radical (unpaired) electrons. The minimum atomic E-state index is 0.0179. The van der Waals surface area contributed by atoms with Gasteiger partial charge in [0.1, 0.15) is 0 Å². The molecule has 0 aliphatic rings. The Balaban J connectivity index is 2.25. The Morgan fingerprint density at radius 1 is 1.27 bits per heavy atom. The Morgan fingerprint density at radius 2 is 1.93 bits per heavy atom. The highest BCUT2D eigenvalue weighted by atomic mass is 16.1. The molecule has 1 aromatic carbocycles. The lowest BCUT2D eigenvalue weighted by molar-refractivity contribution is -0.858. The van der Waals surface area contributed by atoms with Crippen molar-refractivity contribution in [2.45, 2.75) is 6.42 Å². The van der Waals surface area contributed by atoms with Crippen LogP contribution >= 0.6 is 0 Å². The van der Waals surface area contributed by atoms with E-state index in [4.69, 9.17) is 0 Å². The van der Waals surface area contributed by atoms with E-state index in [0.717, 1.165) is 25.1 Å². The third-order valence-corrected chi connectivity index (χ3v) is 2.18. The van der Waals surface area contributed by atoms with Crippen molar-refractivity contribution in [3.8, 4) is 0 Å². The van der Waals surface area contributed by atoms with Gasteiger partial charge in [0, 0.05) is 18.5 Å². The van der Waals surface area contributed by atoms with Gasteiger partial charge in [-0.2, -0.15) is 0 Å². The van der Waals surface area contributed by atoms with Crippen molar-refractivity contribution >= 4 is 5.91 Å². The molecule has 3 nitrogen and oxygen atoms in total. The summed E-state index contributed by atoms with van der Waals surface area (Å²) in [5, 5.41) is 2.90. The minimum Gasteiger partial charge on any atom is -0.352 e. The molecule has 0 bridgehead atoms. The molecule has 0 heterocycles. The zero-order valence-corrected chi connectivity index (χ0v) is 9.42. The van der Waals surface area contributed by atoms with Crippen molar-refractivity contribution in [3.05, 3.63) is 35.9 Å². The third kappa shape index (κ3) is 4.61. The van der Waals surface area contributed by atoms with Gasteiger partial charge in [-0.1, -0.05) is 18.2 Å². The van der Waals surface area contributed by atoms with E-state index < -0.39 is 0 Å². The SMILES string of the molecule is C[NH+](C)CCCNC(=O)c1ccccc1. The second-order valence-electron chi connectivity index (χ2n) is 3.93. The Hall–Kier alpha value is -1.35. The molecule has 0 unspecified atom stereocenters. The average Bonchev–Trinajstić information content (AvgIpc) is 2.25. The van der Waals surface area contributed by atoms with Crippen molar-refractivity contribution in [1.82, 2.24) is 5.32 Å². The van der Waals surface area contributed by atoms with Crippen LogP contribution in [0.1, 0.15) is 16.8 Å². The number of hydrogen-bond donors (Lipinski definition) is 2. The van der Waals surface area contributed by atoms with Crippen molar-refractivity contribution in [1.29, 1.82) is 0 Å². The van der Waals surface area contributed by atoms with E-state index in [1.807, 2.05) is 30.3 Å². The van der Waals surface area contributed by atoms with Crippen LogP contribution in [0.4, 0.5) is 0 Å². The Bertz CT molecular complexity index is 296. The molecule has 3 heteroatoms. The van der Waals surface area contributed by atoms with Gasteiger partial charge in [0.25, 0.3) is 5.91 Å². The van der Waals surface area contributed by atoms with Crippen molar-refractivity contribution in [3.63, 3.8) is 0 Å². The summed E-state index contributed by atoms with van der Waals surface area (Å²) in [5.74, 6) is 0.0179. The number of carbonyl (C=O) groups excluding carboxylic acids is 1. The molecule has 15 heavy (non-hydrogen) atoms. The molecule has 1 rings (SSSR count). The molecule has 0 atom stereocenters. The van der Waals surface area contributed by atoms with E-state index in [2.05, 4.69) is 19.4 Å². The lowest BCUT2D eigenvalue weighted by Crippen LogP contribution is -3.05. The van der Waals surface area contributed by atoms with Crippen LogP contribution in [-0.2, 0) is 0 Å². The predicted molar refractivity (Wildman–Crippen MR) is 61.1 cm³/mol. The van der Waals surface area contributed by atoms with Gasteiger partial charge in [0.05, 0.1) is 20.6 Å². The van der Waals surface area contributed by atoms with Gasteiger partial charge < -0.3 is 10.2 Å². The maximum atomic E-state index is 11.6. The molecule has 82 valence electrons. The lowest BCUT2D eigenvalue weighted by Gasteiger charge is -2.07. The molecule has 0 fully saturated rings. The highest BCUT2D eigenvalue weighted by molar-refractivity contribution is 5.94. The van der Waals surface area contributed by atoms with Gasteiger partial charge in [-0.15, -0.1) is 0 Å². The first-order valence-corrected chi connectivity index (χ1v) is 5.32. The van der Waals surface area contributed by atoms with E-state index in [1.165, 1.54) is 4.90 Å². The maximum Gasteiger partial charge on any atom is 0.251 e. The quantitative estimate of drug-likeness (QED) is 0.652. The molecule has 0 aliphatic carbocycles. The number of rotatable bonds is 5. The lowest BCUT2D eigenvalue weighted by atomic mass is 10.2. The standard InChI is InChI=1S/C12H18N2O/c1-14(2)10-6-9-13-12(15)11-7-4-3-5-8-11/h3-5,7-8H,6,9-10H2,1-2H3,(H,13,15)/p+1. The molecule has 2 N–H and O–H groups in total. The minimum absolute atomic E-state index is 0.0179. The number of amides is 1. The molecule has 0 saturated heterocycles. The van der Waals surface area contributed by atoms with Crippen molar-refractivity contribution in [2.24, 2.45) is 0 Å². The molecular weight excluding hydrogens is 188 g/mol. The normalized spacial score (nSPS) is 10.3. The van der Waals surface area contributed by atoms with Crippen LogP contribution in [0.2, 0.25) is 0 Å². The van der Waals surface area contributed by atoms with Crippen LogP contribution in [0.3, 0.4) is 0 Å². The molecule has 0 aliphatic heterocycles. The summed E-state index contributed by atoms with van der Waals surface area (Å²) in [6.07, 6.45) is 1.01. The largest absolute Gasteiger partial charge is 0.352 e. The van der Waals surface area contributed by atoms with Crippen molar-refractivity contribution in [2.75, 3.05) is 27.2 Å². The van der Waals surface area contributed by atoms with Crippen LogP contribution in [-0.4, -0.2) is 33.1 Å². The van der Waals surface area contributed by atoms with Gasteiger partial charge >= 0.3 is 0 Å². The number of quaternary nitrogens is 1. The third-order valence-electron chi connectivity index (χ3n) is 2.18. The number of benzene rings is 1. The molecule has 1 amide bonds. The summed E-state index contributed by atoms with van der Waals surface area (Å²) < 4.78 is 0. The van der Waals surface area contributed by atoms with Gasteiger partial charge in [0.15, 0.2) is 0 Å². The second-order valence-corrected chi connectivity index (χ2v) is 3.93. The first-order chi connectivity index (χ1) is 7.20. The molecule has 0 aromatic heterocycles. The topological polar surface area (TPSA) is 33.5 Å². The Labute approximate surface area is 91.1 Å². The number of carbonyl (C=O) groups is 1. The molecule has 0 saturated carbocycles. The zero-order valence-electron chi connectivity index (χ0n) is 9.42. The van der Waals surface area contributed by atoms with E-state index in [-0.39, 0.29) is 5.91 Å². The average molecular weight is 207 g/mol. The summed E-state index contributed by atoms with van der Waals surface area (Å²) >= 11 is 0. The fourth-order valence-electron chi connectivity index (χ4n) is 1.34. The van der Waals surface area contributed by atoms with Crippen LogP contribution in [0.15, 0.2) is 30.3 Å². The predicted octanol–water partition coefficient (Wildman–Crippen LogP) is -0.0490. The van der Waals surface area contributed by atoms with Gasteiger partial charge in [-0.3, -0.25) is 4.79 Å².